The number of aryl methyl sites for hydroxylation is 1. The van der Waals surface area contributed by atoms with Crippen LogP contribution < -0.4 is 0 Å². The zero-order valence-electron chi connectivity index (χ0n) is 17.2. The Morgan fingerprint density at radius 3 is 2.77 bits per heavy atom. The van der Waals surface area contributed by atoms with Crippen molar-refractivity contribution in [2.24, 2.45) is 0 Å². The molecule has 7 nitrogen and oxygen atoms in total. The van der Waals surface area contributed by atoms with E-state index in [1.165, 1.54) is 0 Å². The predicted molar refractivity (Wildman–Crippen MR) is 113 cm³/mol. The van der Waals surface area contributed by atoms with Crippen molar-refractivity contribution in [3.63, 3.8) is 0 Å². The van der Waals surface area contributed by atoms with E-state index in [0.29, 0.717) is 25.2 Å². The molecule has 0 saturated heterocycles. The zero-order chi connectivity index (χ0) is 21.1. The van der Waals surface area contributed by atoms with Gasteiger partial charge in [-0.2, -0.15) is 5.10 Å². The molecule has 0 N–H and O–H groups in total. The molecule has 1 aliphatic rings. The second-order valence-corrected chi connectivity index (χ2v) is 7.75. The number of carbonyl (C=O) groups is 2. The highest BCUT2D eigenvalue weighted by Crippen LogP contribution is 2.25. The molecule has 30 heavy (non-hydrogen) atoms. The van der Waals surface area contributed by atoms with E-state index in [1.54, 1.807) is 24.3 Å². The second-order valence-electron chi connectivity index (χ2n) is 7.75. The number of amides is 2. The third-order valence-electron chi connectivity index (χ3n) is 5.40. The SMILES string of the molecule is Cc1cccc(C(=O)N2Cc3ccnn3C(CC(=O)N(C)Cc3ccccn3)C2)c1. The van der Waals surface area contributed by atoms with E-state index in [2.05, 4.69) is 10.1 Å². The second kappa shape index (κ2) is 8.49. The predicted octanol–water partition coefficient (Wildman–Crippen LogP) is 2.83. The fourth-order valence-electron chi connectivity index (χ4n) is 3.83. The molecule has 2 aromatic heterocycles. The molecule has 0 aliphatic carbocycles. The van der Waals surface area contributed by atoms with Gasteiger partial charge in [0, 0.05) is 31.5 Å². The standard InChI is InChI=1S/C23H25N5O2/c1-17-6-5-7-18(12-17)23(30)27-15-20-9-11-25-28(20)21(16-27)13-22(29)26(2)14-19-8-3-4-10-24-19/h3-12,21H,13-16H2,1-2H3. The van der Waals surface area contributed by atoms with Crippen molar-refractivity contribution >= 4 is 11.8 Å². The topological polar surface area (TPSA) is 71.3 Å². The van der Waals surface area contributed by atoms with Gasteiger partial charge in [-0.15, -0.1) is 0 Å². The van der Waals surface area contributed by atoms with Gasteiger partial charge in [-0.25, -0.2) is 0 Å². The molecule has 1 aliphatic heterocycles. The van der Waals surface area contributed by atoms with Crippen LogP contribution in [0.15, 0.2) is 60.9 Å². The van der Waals surface area contributed by atoms with Gasteiger partial charge < -0.3 is 9.80 Å². The first-order valence-electron chi connectivity index (χ1n) is 10.0. The summed E-state index contributed by atoms with van der Waals surface area (Å²) >= 11 is 0. The number of carbonyl (C=O) groups excluding carboxylic acids is 2. The van der Waals surface area contributed by atoms with Crippen LogP contribution in [0.5, 0.6) is 0 Å². The van der Waals surface area contributed by atoms with Gasteiger partial charge >= 0.3 is 0 Å². The Hall–Kier alpha value is -3.48. The van der Waals surface area contributed by atoms with Crippen molar-refractivity contribution in [1.82, 2.24) is 24.6 Å². The number of benzene rings is 1. The molecular formula is C23H25N5O2. The summed E-state index contributed by atoms with van der Waals surface area (Å²) in [6.45, 7) is 3.36. The van der Waals surface area contributed by atoms with Gasteiger partial charge in [-0.3, -0.25) is 19.3 Å². The minimum Gasteiger partial charge on any atom is -0.340 e. The Kier molecular flexibility index (Phi) is 5.61. The van der Waals surface area contributed by atoms with Crippen molar-refractivity contribution in [1.29, 1.82) is 0 Å². The first kappa shape index (κ1) is 19.8. The molecule has 1 aromatic carbocycles. The first-order valence-corrected chi connectivity index (χ1v) is 10.0. The van der Waals surface area contributed by atoms with Crippen LogP contribution >= 0.6 is 0 Å². The van der Waals surface area contributed by atoms with Crippen molar-refractivity contribution in [3.05, 3.63) is 83.4 Å². The summed E-state index contributed by atoms with van der Waals surface area (Å²) in [5.74, 6) is -0.0256. The van der Waals surface area contributed by atoms with Crippen molar-refractivity contribution in [3.8, 4) is 0 Å². The van der Waals surface area contributed by atoms with Gasteiger partial charge in [0.2, 0.25) is 5.91 Å². The molecule has 3 heterocycles. The van der Waals surface area contributed by atoms with Crippen molar-refractivity contribution < 1.29 is 9.59 Å². The highest BCUT2D eigenvalue weighted by atomic mass is 16.2. The van der Waals surface area contributed by atoms with Gasteiger partial charge in [0.15, 0.2) is 0 Å². The number of pyridine rings is 1. The van der Waals surface area contributed by atoms with Crippen molar-refractivity contribution in [2.75, 3.05) is 13.6 Å². The fraction of sp³-hybridized carbons (Fsp3) is 0.304. The highest BCUT2D eigenvalue weighted by molar-refractivity contribution is 5.94. The third kappa shape index (κ3) is 4.25. The minimum atomic E-state index is -0.198. The first-order chi connectivity index (χ1) is 14.5. The summed E-state index contributed by atoms with van der Waals surface area (Å²) in [6, 6.07) is 15.0. The Balaban J connectivity index is 1.48. The summed E-state index contributed by atoms with van der Waals surface area (Å²) in [7, 11) is 1.78. The fourth-order valence-corrected chi connectivity index (χ4v) is 3.83. The molecule has 0 bridgehead atoms. The third-order valence-corrected chi connectivity index (χ3v) is 5.40. The van der Waals surface area contributed by atoms with Crippen LogP contribution in [0.2, 0.25) is 0 Å². The summed E-state index contributed by atoms with van der Waals surface area (Å²) in [5.41, 5.74) is 3.49. The summed E-state index contributed by atoms with van der Waals surface area (Å²) in [6.07, 6.45) is 3.72. The number of fused-ring (bicyclic) bond motifs is 1. The lowest BCUT2D eigenvalue weighted by Crippen LogP contribution is -2.43. The molecular weight excluding hydrogens is 378 g/mol. The van der Waals surface area contributed by atoms with E-state index < -0.39 is 0 Å². The normalized spacial score (nSPS) is 15.5. The van der Waals surface area contributed by atoms with E-state index >= 15 is 0 Å². The average molecular weight is 403 g/mol. The van der Waals surface area contributed by atoms with Gasteiger partial charge in [0.05, 0.1) is 36.9 Å². The van der Waals surface area contributed by atoms with Crippen LogP contribution in [-0.4, -0.2) is 50.0 Å². The Labute approximate surface area is 175 Å². The number of nitrogens with zero attached hydrogens (tertiary/aromatic N) is 5. The molecule has 0 fully saturated rings. The number of rotatable bonds is 5. The number of hydrogen-bond donors (Lipinski definition) is 0. The van der Waals surface area contributed by atoms with Crippen molar-refractivity contribution in [2.45, 2.75) is 32.5 Å². The Morgan fingerprint density at radius 2 is 2.00 bits per heavy atom. The Bertz CT molecular complexity index is 1050. The summed E-state index contributed by atoms with van der Waals surface area (Å²) in [4.78, 5) is 33.7. The van der Waals surface area contributed by atoms with Crippen LogP contribution in [0.1, 0.15) is 39.8 Å². The monoisotopic (exact) mass is 403 g/mol. The van der Waals surface area contributed by atoms with Crippen LogP contribution in [0.3, 0.4) is 0 Å². The minimum absolute atomic E-state index is 0.00282. The molecule has 3 aromatic rings. The summed E-state index contributed by atoms with van der Waals surface area (Å²) < 4.78 is 1.88. The lowest BCUT2D eigenvalue weighted by molar-refractivity contribution is -0.131. The van der Waals surface area contributed by atoms with Gasteiger partial charge in [-0.1, -0.05) is 23.8 Å². The quantitative estimate of drug-likeness (QED) is 0.657. The molecule has 1 atom stereocenters. The highest BCUT2D eigenvalue weighted by Gasteiger charge is 2.31. The van der Waals surface area contributed by atoms with E-state index in [1.807, 2.05) is 65.0 Å². The van der Waals surface area contributed by atoms with Gasteiger partial charge in [-0.05, 0) is 37.3 Å². The lowest BCUT2D eigenvalue weighted by Gasteiger charge is -2.34. The molecule has 4 rings (SSSR count). The molecule has 1 unspecified atom stereocenters. The summed E-state index contributed by atoms with van der Waals surface area (Å²) in [5, 5.41) is 4.41. The van der Waals surface area contributed by atoms with Crippen LogP contribution in [0.4, 0.5) is 0 Å². The Morgan fingerprint density at radius 1 is 1.13 bits per heavy atom. The van der Waals surface area contributed by atoms with E-state index in [0.717, 1.165) is 17.0 Å². The molecule has 0 spiro atoms. The maximum Gasteiger partial charge on any atom is 0.254 e. The van der Waals surface area contributed by atoms with Gasteiger partial charge in [0.1, 0.15) is 0 Å². The molecule has 0 radical (unpaired) electrons. The molecule has 7 heteroatoms. The number of aromatic nitrogens is 3. The maximum atomic E-state index is 13.1. The van der Waals surface area contributed by atoms with Crippen LogP contribution in [0, 0.1) is 6.92 Å². The van der Waals surface area contributed by atoms with E-state index in [9.17, 15) is 9.59 Å². The van der Waals surface area contributed by atoms with Crippen LogP contribution in [-0.2, 0) is 17.9 Å². The molecule has 154 valence electrons. The van der Waals surface area contributed by atoms with E-state index in [-0.39, 0.29) is 24.3 Å². The molecule has 2 amide bonds. The smallest absolute Gasteiger partial charge is 0.254 e. The maximum absolute atomic E-state index is 13.1. The number of hydrogen-bond acceptors (Lipinski definition) is 4. The average Bonchev–Trinajstić information content (AvgIpc) is 3.23. The molecule has 0 saturated carbocycles. The zero-order valence-corrected chi connectivity index (χ0v) is 17.2. The largest absolute Gasteiger partial charge is 0.340 e. The van der Waals surface area contributed by atoms with Crippen LogP contribution in [0.25, 0.3) is 0 Å². The van der Waals surface area contributed by atoms with E-state index in [4.69, 9.17) is 0 Å². The lowest BCUT2D eigenvalue weighted by atomic mass is 10.1. The van der Waals surface area contributed by atoms with Gasteiger partial charge in [0.25, 0.3) is 5.91 Å².